The lowest BCUT2D eigenvalue weighted by atomic mass is 10.2. The predicted molar refractivity (Wildman–Crippen MR) is 87.5 cm³/mol. The number of hydrogen-bond donors (Lipinski definition) is 0. The molecular weight excluding hydrogens is 360 g/mol. The predicted octanol–water partition coefficient (Wildman–Crippen LogP) is 2.11. The number of aryl methyl sites for hydroxylation is 1. The second-order valence-corrected chi connectivity index (χ2v) is 9.23. The third-order valence-corrected chi connectivity index (χ3v) is 7.81. The van der Waals surface area contributed by atoms with E-state index in [-0.39, 0.29) is 0 Å². The summed E-state index contributed by atoms with van der Waals surface area (Å²) < 4.78 is 40.3. The molecule has 0 radical (unpaired) electrons. The minimum Gasteiger partial charge on any atom is -0.182 e. The van der Waals surface area contributed by atoms with E-state index in [0.717, 1.165) is 5.56 Å². The van der Waals surface area contributed by atoms with Crippen molar-refractivity contribution < 1.29 is 28.0 Å². The summed E-state index contributed by atoms with van der Waals surface area (Å²) in [6.45, 7) is 1.91. The fourth-order valence-electron chi connectivity index (χ4n) is 2.65. The van der Waals surface area contributed by atoms with Crippen molar-refractivity contribution in [2.45, 2.75) is 21.6 Å². The van der Waals surface area contributed by atoms with Crippen LogP contribution in [0.5, 0.6) is 0 Å². The Morgan fingerprint density at radius 3 is 1.60 bits per heavy atom. The van der Waals surface area contributed by atoms with E-state index in [2.05, 4.69) is 0 Å². The van der Waals surface area contributed by atoms with Crippen LogP contribution in [0.15, 0.2) is 99.6 Å². The molecule has 0 aliphatic heterocycles. The van der Waals surface area contributed by atoms with Crippen molar-refractivity contribution in [3.05, 3.63) is 90.5 Å². The fraction of sp³-hybridized carbons (Fsp3) is 0.0526. The molecule has 6 heteroatoms. The Morgan fingerprint density at radius 1 is 0.680 bits per heavy atom. The second-order valence-electron chi connectivity index (χ2n) is 5.44. The molecule has 0 spiro atoms. The van der Waals surface area contributed by atoms with Crippen LogP contribution in [0.1, 0.15) is 5.56 Å². The maximum atomic E-state index is 11.7. The Hall–Kier alpha value is -1.86. The van der Waals surface area contributed by atoms with Gasteiger partial charge in [-0.25, -0.2) is 0 Å². The van der Waals surface area contributed by atoms with Gasteiger partial charge in [0.15, 0.2) is 0 Å². The molecular formula is C19H17ClO4S. The summed E-state index contributed by atoms with van der Waals surface area (Å²) >= 11 is 0. The van der Waals surface area contributed by atoms with Crippen molar-refractivity contribution in [3.8, 4) is 0 Å². The fourth-order valence-corrected chi connectivity index (χ4v) is 6.97. The molecule has 25 heavy (non-hydrogen) atoms. The highest BCUT2D eigenvalue weighted by Gasteiger charge is 2.46. The molecule has 0 aromatic heterocycles. The highest BCUT2D eigenvalue weighted by molar-refractivity contribution is 8.29. The summed E-state index contributed by atoms with van der Waals surface area (Å²) in [4.78, 5) is 1.93. The van der Waals surface area contributed by atoms with Crippen LogP contribution in [-0.2, 0) is 3.74 Å². The molecule has 4 nitrogen and oxygen atoms in total. The van der Waals surface area contributed by atoms with Gasteiger partial charge in [-0.2, -0.15) is 14.0 Å². The molecule has 0 fully saturated rings. The maximum Gasteiger partial charge on any atom is 0.134 e. The first-order chi connectivity index (χ1) is 11.9. The molecule has 0 atom stereocenters. The van der Waals surface area contributed by atoms with E-state index >= 15 is 0 Å². The van der Waals surface area contributed by atoms with Crippen LogP contribution in [-0.4, -0.2) is 0 Å². The van der Waals surface area contributed by atoms with Gasteiger partial charge in [-0.15, -0.1) is 0 Å². The van der Waals surface area contributed by atoms with E-state index in [1.807, 2.05) is 37.3 Å². The highest BCUT2D eigenvalue weighted by atomic mass is 35.7. The number of hydrogen-bond acceptors (Lipinski definition) is 4. The lowest BCUT2D eigenvalue weighted by Crippen LogP contribution is -2.61. The lowest BCUT2D eigenvalue weighted by Gasteiger charge is -2.34. The maximum absolute atomic E-state index is 11.7. The third-order valence-electron chi connectivity index (χ3n) is 3.64. The summed E-state index contributed by atoms with van der Waals surface area (Å²) in [7, 11) is -7.37. The van der Waals surface area contributed by atoms with Gasteiger partial charge in [0, 0.05) is 14.7 Å². The molecule has 0 unspecified atom stereocenters. The van der Waals surface area contributed by atoms with Gasteiger partial charge < -0.3 is 0 Å². The van der Waals surface area contributed by atoms with E-state index in [1.165, 1.54) is 0 Å². The SMILES string of the molecule is Cc1cccc(S(O[Cl+3]([O-])([O-])[O-])(c2ccccc2)c2ccccc2)c1. The van der Waals surface area contributed by atoms with E-state index in [4.69, 9.17) is 3.74 Å². The van der Waals surface area contributed by atoms with Crippen LogP contribution in [0.25, 0.3) is 0 Å². The standard InChI is InChI=1S/C19H17ClO4S/c1-16-9-8-14-19(15-16)25(24-20(21,22)23,17-10-4-2-5-11-17)18-12-6-3-7-13-18/h2-15H,1H3. The molecule has 0 N–H and O–H groups in total. The summed E-state index contributed by atoms with van der Waals surface area (Å²) in [5, 5.41) is 0. The van der Waals surface area contributed by atoms with Crippen molar-refractivity contribution >= 4 is 10.3 Å². The van der Waals surface area contributed by atoms with Gasteiger partial charge in [-0.05, 0) is 48.9 Å². The molecule has 0 saturated carbocycles. The summed E-state index contributed by atoms with van der Waals surface area (Å²) in [5.74, 6) is 0. The minimum absolute atomic E-state index is 0.638. The quantitative estimate of drug-likeness (QED) is 0.683. The van der Waals surface area contributed by atoms with Gasteiger partial charge in [-0.3, -0.25) is 0 Å². The average Bonchev–Trinajstić information content (AvgIpc) is 2.60. The zero-order valence-corrected chi connectivity index (χ0v) is 15.1. The van der Waals surface area contributed by atoms with Crippen LogP contribution in [0.3, 0.4) is 0 Å². The molecule has 0 bridgehead atoms. The van der Waals surface area contributed by atoms with Crippen LogP contribution in [0.4, 0.5) is 0 Å². The molecule has 0 aliphatic rings. The van der Waals surface area contributed by atoms with Crippen molar-refractivity contribution in [3.63, 3.8) is 0 Å². The smallest absolute Gasteiger partial charge is 0.134 e. The number of halogens is 1. The van der Waals surface area contributed by atoms with E-state index in [0.29, 0.717) is 14.7 Å². The topological polar surface area (TPSA) is 78.4 Å². The van der Waals surface area contributed by atoms with Crippen LogP contribution >= 0.6 is 10.3 Å². The van der Waals surface area contributed by atoms with Gasteiger partial charge in [0.25, 0.3) is 0 Å². The molecule has 3 rings (SSSR count). The third kappa shape index (κ3) is 3.88. The first kappa shape index (κ1) is 17.9. The van der Waals surface area contributed by atoms with Crippen molar-refractivity contribution in [2.75, 3.05) is 0 Å². The van der Waals surface area contributed by atoms with Gasteiger partial charge >= 0.3 is 0 Å². The highest BCUT2D eigenvalue weighted by Crippen LogP contribution is 2.70. The normalized spacial score (nSPS) is 12.8. The Kier molecular flexibility index (Phi) is 5.15. The Morgan fingerprint density at radius 2 is 1.16 bits per heavy atom. The summed E-state index contributed by atoms with van der Waals surface area (Å²) in [6, 6.07) is 25.4. The van der Waals surface area contributed by atoms with Crippen LogP contribution < -0.4 is 14.0 Å². The molecule has 0 heterocycles. The Labute approximate surface area is 150 Å². The summed E-state index contributed by atoms with van der Waals surface area (Å²) in [6.07, 6.45) is 0. The zero-order chi connectivity index (χ0) is 17.9. The number of benzene rings is 3. The van der Waals surface area contributed by atoms with Crippen molar-refractivity contribution in [2.24, 2.45) is 0 Å². The largest absolute Gasteiger partial charge is 0.182 e. The second kappa shape index (κ2) is 7.17. The first-order valence-corrected chi connectivity index (χ1v) is 10.3. The molecule has 3 aromatic rings. The Balaban J connectivity index is 2.35. The monoisotopic (exact) mass is 376 g/mol. The number of rotatable bonds is 5. The van der Waals surface area contributed by atoms with Gasteiger partial charge in [-0.1, -0.05) is 48.5 Å². The van der Waals surface area contributed by atoms with E-state index in [1.54, 1.807) is 54.6 Å². The Bertz CT molecular complexity index is 795. The van der Waals surface area contributed by atoms with E-state index in [9.17, 15) is 14.0 Å². The van der Waals surface area contributed by atoms with Crippen molar-refractivity contribution in [1.29, 1.82) is 0 Å². The minimum atomic E-state index is -4.64. The lowest BCUT2D eigenvalue weighted by molar-refractivity contribution is -1.91. The molecule has 0 saturated heterocycles. The van der Waals surface area contributed by atoms with Crippen LogP contribution in [0.2, 0.25) is 0 Å². The van der Waals surface area contributed by atoms with Gasteiger partial charge in [0.1, 0.15) is 3.74 Å². The molecule has 3 aromatic carbocycles. The van der Waals surface area contributed by atoms with Crippen LogP contribution in [0, 0.1) is 17.2 Å². The zero-order valence-electron chi connectivity index (χ0n) is 13.5. The molecule has 0 amide bonds. The summed E-state index contributed by atoms with van der Waals surface area (Å²) in [5.41, 5.74) is 0.949. The van der Waals surface area contributed by atoms with Crippen molar-refractivity contribution in [1.82, 2.24) is 0 Å². The average molecular weight is 377 g/mol. The van der Waals surface area contributed by atoms with Gasteiger partial charge in [0.05, 0.1) is 20.6 Å². The first-order valence-electron chi connectivity index (χ1n) is 7.54. The molecule has 0 aliphatic carbocycles. The molecule has 130 valence electrons. The van der Waals surface area contributed by atoms with E-state index < -0.39 is 20.6 Å². The van der Waals surface area contributed by atoms with Gasteiger partial charge in [0.2, 0.25) is 0 Å².